The van der Waals surface area contributed by atoms with Gasteiger partial charge in [-0.25, -0.2) is 0 Å². The molecule has 1 rings (SSSR count). The molecule has 0 aliphatic carbocycles. The Morgan fingerprint density at radius 3 is 2.27 bits per heavy atom. The van der Waals surface area contributed by atoms with Crippen LogP contribution >= 0.6 is 0 Å². The van der Waals surface area contributed by atoms with Gasteiger partial charge in [0, 0.05) is 0 Å². The molecule has 0 aliphatic heterocycles. The van der Waals surface area contributed by atoms with Gasteiger partial charge in [-0.2, -0.15) is 0 Å². The largest absolute Gasteiger partial charge is 0.504 e. The van der Waals surface area contributed by atoms with E-state index in [-0.39, 0.29) is 0 Å². The van der Waals surface area contributed by atoms with Crippen LogP contribution in [0.5, 0.6) is 0 Å². The SMILES string of the molecule is O=C(O)CC(=O)C(O)=Cc1ccccc1. The molecule has 0 fully saturated rings. The van der Waals surface area contributed by atoms with Crippen molar-refractivity contribution >= 4 is 17.8 Å². The summed E-state index contributed by atoms with van der Waals surface area (Å²) >= 11 is 0. The number of Topliss-reactive ketones (excluding diaryl/α,β-unsaturated/α-hetero) is 1. The minimum atomic E-state index is -1.26. The Morgan fingerprint density at radius 1 is 1.13 bits per heavy atom. The second-order valence-corrected chi connectivity index (χ2v) is 2.93. The molecule has 1 aromatic rings. The molecule has 2 N–H and O–H groups in total. The molecule has 0 aliphatic rings. The number of rotatable bonds is 4. The topological polar surface area (TPSA) is 74.6 Å². The molecule has 0 unspecified atom stereocenters. The first-order valence-corrected chi connectivity index (χ1v) is 4.30. The van der Waals surface area contributed by atoms with Crippen LogP contribution in [0.15, 0.2) is 36.1 Å². The molecule has 0 radical (unpaired) electrons. The highest BCUT2D eigenvalue weighted by atomic mass is 16.4. The smallest absolute Gasteiger partial charge is 0.311 e. The number of carbonyl (C=O) groups excluding carboxylic acids is 1. The maximum Gasteiger partial charge on any atom is 0.311 e. The van der Waals surface area contributed by atoms with E-state index in [0.717, 1.165) is 0 Å². The molecule has 0 atom stereocenters. The number of aliphatic hydroxyl groups excluding tert-OH is 1. The average Bonchev–Trinajstić information content (AvgIpc) is 2.18. The average molecular weight is 206 g/mol. The predicted octanol–water partition coefficient (Wildman–Crippen LogP) is 1.63. The minimum absolute atomic E-state index is 0.538. The molecule has 0 heterocycles. The lowest BCUT2D eigenvalue weighted by Crippen LogP contribution is -2.08. The zero-order valence-corrected chi connectivity index (χ0v) is 7.88. The summed E-state index contributed by atoms with van der Waals surface area (Å²) in [6.07, 6.45) is 0.542. The third kappa shape index (κ3) is 3.64. The van der Waals surface area contributed by atoms with E-state index in [1.165, 1.54) is 6.08 Å². The van der Waals surface area contributed by atoms with Crippen molar-refractivity contribution in [3.05, 3.63) is 41.7 Å². The number of carbonyl (C=O) groups is 2. The Labute approximate surface area is 86.5 Å². The Balaban J connectivity index is 2.76. The van der Waals surface area contributed by atoms with Gasteiger partial charge >= 0.3 is 5.97 Å². The molecule has 0 saturated carbocycles. The van der Waals surface area contributed by atoms with E-state index in [2.05, 4.69) is 0 Å². The number of aliphatic hydroxyl groups is 1. The molecule has 0 bridgehead atoms. The quantitative estimate of drug-likeness (QED) is 0.446. The number of hydrogen-bond donors (Lipinski definition) is 2. The van der Waals surface area contributed by atoms with Crippen molar-refractivity contribution in [3.63, 3.8) is 0 Å². The summed E-state index contributed by atoms with van der Waals surface area (Å²) in [5, 5.41) is 17.6. The van der Waals surface area contributed by atoms with E-state index in [4.69, 9.17) is 5.11 Å². The normalized spacial score (nSPS) is 11.1. The Kier molecular flexibility index (Phi) is 3.62. The van der Waals surface area contributed by atoms with E-state index >= 15 is 0 Å². The van der Waals surface area contributed by atoms with Crippen LogP contribution in [0.4, 0.5) is 0 Å². The fourth-order valence-corrected chi connectivity index (χ4v) is 1.02. The fraction of sp³-hybridized carbons (Fsp3) is 0.0909. The van der Waals surface area contributed by atoms with Gasteiger partial charge < -0.3 is 10.2 Å². The Morgan fingerprint density at radius 2 is 1.73 bits per heavy atom. The number of carboxylic acids is 1. The molecule has 15 heavy (non-hydrogen) atoms. The van der Waals surface area contributed by atoms with Gasteiger partial charge in [-0.1, -0.05) is 30.3 Å². The van der Waals surface area contributed by atoms with Gasteiger partial charge in [-0.15, -0.1) is 0 Å². The van der Waals surface area contributed by atoms with E-state index in [0.29, 0.717) is 5.56 Å². The highest BCUT2D eigenvalue weighted by molar-refractivity contribution is 6.05. The van der Waals surface area contributed by atoms with Crippen molar-refractivity contribution in [2.75, 3.05) is 0 Å². The van der Waals surface area contributed by atoms with Gasteiger partial charge in [0.05, 0.1) is 0 Å². The second kappa shape index (κ2) is 4.95. The highest BCUT2D eigenvalue weighted by Gasteiger charge is 2.11. The van der Waals surface area contributed by atoms with Gasteiger partial charge in [0.15, 0.2) is 5.76 Å². The van der Waals surface area contributed by atoms with Crippen LogP contribution in [0.1, 0.15) is 12.0 Å². The lowest BCUT2D eigenvalue weighted by Gasteiger charge is -1.96. The molecule has 0 amide bonds. The van der Waals surface area contributed by atoms with Crippen molar-refractivity contribution < 1.29 is 19.8 Å². The number of benzene rings is 1. The van der Waals surface area contributed by atoms with Crippen LogP contribution in [0.25, 0.3) is 6.08 Å². The minimum Gasteiger partial charge on any atom is -0.504 e. The van der Waals surface area contributed by atoms with Crippen molar-refractivity contribution in [3.8, 4) is 0 Å². The molecule has 4 heteroatoms. The van der Waals surface area contributed by atoms with Crippen LogP contribution in [-0.4, -0.2) is 22.0 Å². The number of aliphatic carboxylic acids is 1. The molecular weight excluding hydrogens is 196 g/mol. The second-order valence-electron chi connectivity index (χ2n) is 2.93. The zero-order chi connectivity index (χ0) is 11.3. The van der Waals surface area contributed by atoms with E-state index in [9.17, 15) is 14.7 Å². The molecule has 4 nitrogen and oxygen atoms in total. The monoisotopic (exact) mass is 206 g/mol. The van der Waals surface area contributed by atoms with Crippen LogP contribution in [0, 0.1) is 0 Å². The van der Waals surface area contributed by atoms with E-state index in [1.54, 1.807) is 30.3 Å². The summed E-state index contributed by atoms with van der Waals surface area (Å²) in [6, 6.07) is 8.70. The summed E-state index contributed by atoms with van der Waals surface area (Å²) < 4.78 is 0. The summed E-state index contributed by atoms with van der Waals surface area (Å²) in [7, 11) is 0. The maximum absolute atomic E-state index is 11.1. The van der Waals surface area contributed by atoms with Crippen LogP contribution < -0.4 is 0 Å². The summed E-state index contributed by atoms with van der Waals surface area (Å²) in [6.45, 7) is 0. The standard InChI is InChI=1S/C11H10O4/c12-9(10(13)7-11(14)15)6-8-4-2-1-3-5-8/h1-6,12H,7H2,(H,14,15). The van der Waals surface area contributed by atoms with Crippen LogP contribution in [0.3, 0.4) is 0 Å². The fourth-order valence-electron chi connectivity index (χ4n) is 1.02. The number of hydrogen-bond acceptors (Lipinski definition) is 3. The predicted molar refractivity (Wildman–Crippen MR) is 54.3 cm³/mol. The summed E-state index contributed by atoms with van der Waals surface area (Å²) in [4.78, 5) is 21.3. The van der Waals surface area contributed by atoms with Gasteiger partial charge in [0.25, 0.3) is 0 Å². The molecule has 1 aromatic carbocycles. The van der Waals surface area contributed by atoms with E-state index in [1.807, 2.05) is 0 Å². The van der Waals surface area contributed by atoms with Crippen molar-refractivity contribution in [2.45, 2.75) is 6.42 Å². The Hall–Kier alpha value is -2.10. The van der Waals surface area contributed by atoms with Gasteiger partial charge in [-0.05, 0) is 11.6 Å². The van der Waals surface area contributed by atoms with Gasteiger partial charge in [0.2, 0.25) is 5.78 Å². The summed E-state index contributed by atoms with van der Waals surface area (Å²) in [5.74, 6) is -2.59. The third-order valence-electron chi connectivity index (χ3n) is 1.70. The number of carboxylic acid groups (broad SMARTS) is 1. The van der Waals surface area contributed by atoms with Crippen LogP contribution in [-0.2, 0) is 9.59 Å². The number of ketones is 1. The van der Waals surface area contributed by atoms with E-state index < -0.39 is 23.9 Å². The maximum atomic E-state index is 11.1. The zero-order valence-electron chi connectivity index (χ0n) is 7.88. The van der Waals surface area contributed by atoms with Crippen molar-refractivity contribution in [2.24, 2.45) is 0 Å². The first-order valence-electron chi connectivity index (χ1n) is 4.30. The third-order valence-corrected chi connectivity index (χ3v) is 1.70. The first kappa shape index (κ1) is 11.0. The van der Waals surface area contributed by atoms with Crippen molar-refractivity contribution in [1.29, 1.82) is 0 Å². The molecule has 0 aromatic heterocycles. The number of allylic oxidation sites excluding steroid dienone is 1. The molecular formula is C11H10O4. The van der Waals surface area contributed by atoms with Crippen LogP contribution in [0.2, 0.25) is 0 Å². The lowest BCUT2D eigenvalue weighted by molar-refractivity contribution is -0.139. The lowest BCUT2D eigenvalue weighted by atomic mass is 10.1. The Bertz CT molecular complexity index is 392. The molecule has 0 spiro atoms. The van der Waals surface area contributed by atoms with Gasteiger partial charge in [-0.3, -0.25) is 9.59 Å². The first-order chi connectivity index (χ1) is 7.09. The highest BCUT2D eigenvalue weighted by Crippen LogP contribution is 2.06. The van der Waals surface area contributed by atoms with Gasteiger partial charge in [0.1, 0.15) is 6.42 Å². The molecule has 78 valence electrons. The van der Waals surface area contributed by atoms with Crippen molar-refractivity contribution in [1.82, 2.24) is 0 Å². The summed E-state index contributed by atoms with van der Waals surface area (Å²) in [5.41, 5.74) is 0.647. The molecule has 0 saturated heterocycles.